The minimum atomic E-state index is -0.592. The number of hydrogen-bond donors (Lipinski definition) is 0. The number of rotatable bonds is 5. The molecule has 0 radical (unpaired) electrons. The Morgan fingerprint density at radius 3 is 1.32 bits per heavy atom. The van der Waals surface area contributed by atoms with Crippen molar-refractivity contribution in [3.63, 3.8) is 0 Å². The number of ether oxygens (including phenoxy) is 2. The van der Waals surface area contributed by atoms with Crippen molar-refractivity contribution < 1.29 is 19.1 Å². The van der Waals surface area contributed by atoms with Gasteiger partial charge in [-0.1, -0.05) is 103 Å². The summed E-state index contributed by atoms with van der Waals surface area (Å²) >= 11 is 0. The fourth-order valence-electron chi connectivity index (χ4n) is 6.14. The van der Waals surface area contributed by atoms with E-state index in [0.717, 1.165) is 38.9 Å². The highest BCUT2D eigenvalue weighted by atomic mass is 16.5. The number of hydrogen-bond acceptors (Lipinski definition) is 4. The number of esters is 2. The van der Waals surface area contributed by atoms with Crippen LogP contribution in [0.4, 0.5) is 0 Å². The van der Waals surface area contributed by atoms with Crippen molar-refractivity contribution in [2.45, 2.75) is 24.2 Å². The Kier molecular flexibility index (Phi) is 5.64. The normalized spacial score (nSPS) is 18.8. The lowest BCUT2D eigenvalue weighted by Crippen LogP contribution is -2.26. The van der Waals surface area contributed by atoms with Gasteiger partial charge in [-0.25, -0.2) is 0 Å². The first-order valence-corrected chi connectivity index (χ1v) is 13.4. The van der Waals surface area contributed by atoms with E-state index >= 15 is 0 Å². The summed E-state index contributed by atoms with van der Waals surface area (Å²) in [6, 6.07) is 41.9. The van der Waals surface area contributed by atoms with Gasteiger partial charge >= 0.3 is 11.9 Å². The Morgan fingerprint density at radius 2 is 0.900 bits per heavy atom. The standard InChI is InChI=1S/C36H26O4/c1-36(25-15-9-4-10-16-25,26-17-19-30-28(21-26)32(34(37)39-30)23-11-5-2-6-12-23)27-18-20-31-29(22-27)33(35(38)40-31)24-13-7-3-8-14-24/h2-22,32-33H,1H3. The van der Waals surface area contributed by atoms with Crippen LogP contribution in [0.15, 0.2) is 127 Å². The van der Waals surface area contributed by atoms with Crippen molar-refractivity contribution in [2.24, 2.45) is 0 Å². The molecule has 2 atom stereocenters. The van der Waals surface area contributed by atoms with Crippen LogP contribution in [0.3, 0.4) is 0 Å². The van der Waals surface area contributed by atoms with E-state index in [9.17, 15) is 9.59 Å². The molecule has 2 aliphatic rings. The minimum absolute atomic E-state index is 0.265. The molecule has 0 bridgehead atoms. The highest BCUT2D eigenvalue weighted by molar-refractivity contribution is 5.90. The van der Waals surface area contributed by atoms with E-state index in [1.54, 1.807) is 0 Å². The number of fused-ring (bicyclic) bond motifs is 2. The Hall–Kier alpha value is -4.96. The maximum atomic E-state index is 13.0. The second-order valence-corrected chi connectivity index (χ2v) is 10.5. The molecule has 7 rings (SSSR count). The van der Waals surface area contributed by atoms with Crippen molar-refractivity contribution in [3.05, 3.63) is 166 Å². The second kappa shape index (κ2) is 9.35. The molecular weight excluding hydrogens is 496 g/mol. The molecule has 0 saturated carbocycles. The van der Waals surface area contributed by atoms with Crippen molar-refractivity contribution in [1.29, 1.82) is 0 Å². The first-order valence-electron chi connectivity index (χ1n) is 13.4. The lowest BCUT2D eigenvalue weighted by molar-refractivity contribution is -0.134. The van der Waals surface area contributed by atoms with Gasteiger partial charge < -0.3 is 9.47 Å². The van der Waals surface area contributed by atoms with Crippen LogP contribution in [0.5, 0.6) is 11.5 Å². The van der Waals surface area contributed by atoms with E-state index in [2.05, 4.69) is 31.2 Å². The smallest absolute Gasteiger partial charge is 0.323 e. The molecule has 4 nitrogen and oxygen atoms in total. The van der Waals surface area contributed by atoms with Gasteiger partial charge in [-0.05, 0) is 59.0 Å². The van der Waals surface area contributed by atoms with Crippen molar-refractivity contribution in [2.75, 3.05) is 0 Å². The van der Waals surface area contributed by atoms with E-state index < -0.39 is 17.3 Å². The number of carbonyl (C=O) groups excluding carboxylic acids is 2. The molecule has 0 spiro atoms. The fourth-order valence-corrected chi connectivity index (χ4v) is 6.14. The van der Waals surface area contributed by atoms with Gasteiger partial charge in [0.1, 0.15) is 23.3 Å². The zero-order chi connectivity index (χ0) is 27.3. The van der Waals surface area contributed by atoms with E-state index in [1.807, 2.05) is 103 Å². The van der Waals surface area contributed by atoms with Crippen LogP contribution in [-0.4, -0.2) is 11.9 Å². The van der Waals surface area contributed by atoms with Gasteiger partial charge in [0.25, 0.3) is 0 Å². The molecule has 0 saturated heterocycles. The van der Waals surface area contributed by atoms with E-state index in [-0.39, 0.29) is 11.9 Å². The third-order valence-corrected chi connectivity index (χ3v) is 8.31. The van der Waals surface area contributed by atoms with E-state index in [1.165, 1.54) is 0 Å². The largest absolute Gasteiger partial charge is 0.425 e. The Labute approximate surface area is 232 Å². The maximum Gasteiger partial charge on any atom is 0.323 e. The summed E-state index contributed by atoms with van der Waals surface area (Å²) in [7, 11) is 0. The topological polar surface area (TPSA) is 52.6 Å². The van der Waals surface area contributed by atoms with Crippen molar-refractivity contribution in [3.8, 4) is 11.5 Å². The molecule has 2 aliphatic heterocycles. The molecule has 0 fully saturated rings. The minimum Gasteiger partial charge on any atom is -0.425 e. The summed E-state index contributed by atoms with van der Waals surface area (Å²) in [6.45, 7) is 2.19. The van der Waals surface area contributed by atoms with Crippen LogP contribution >= 0.6 is 0 Å². The predicted molar refractivity (Wildman–Crippen MR) is 153 cm³/mol. The zero-order valence-corrected chi connectivity index (χ0v) is 21.9. The van der Waals surface area contributed by atoms with Gasteiger partial charge in [0, 0.05) is 16.5 Å². The first-order chi connectivity index (χ1) is 19.5. The zero-order valence-electron chi connectivity index (χ0n) is 21.9. The molecule has 0 aromatic heterocycles. The summed E-state index contributed by atoms with van der Waals surface area (Å²) in [5.74, 6) is -0.308. The average molecular weight is 523 g/mol. The number of carbonyl (C=O) groups is 2. The van der Waals surface area contributed by atoms with Gasteiger partial charge in [-0.15, -0.1) is 0 Å². The van der Waals surface area contributed by atoms with Crippen molar-refractivity contribution in [1.82, 2.24) is 0 Å². The number of benzene rings is 5. The average Bonchev–Trinajstić information content (AvgIpc) is 3.52. The Balaban J connectivity index is 1.40. The summed E-state index contributed by atoms with van der Waals surface area (Å²) in [5, 5.41) is 0. The lowest BCUT2D eigenvalue weighted by atomic mass is 9.69. The first kappa shape index (κ1) is 24.1. The predicted octanol–water partition coefficient (Wildman–Crippen LogP) is 7.14. The van der Waals surface area contributed by atoms with Crippen molar-refractivity contribution >= 4 is 11.9 Å². The van der Waals surface area contributed by atoms with E-state index in [0.29, 0.717) is 11.5 Å². The second-order valence-electron chi connectivity index (χ2n) is 10.5. The van der Waals surface area contributed by atoms with Crippen LogP contribution in [-0.2, 0) is 15.0 Å². The highest BCUT2D eigenvalue weighted by Gasteiger charge is 2.40. The van der Waals surface area contributed by atoms with E-state index in [4.69, 9.17) is 9.47 Å². The molecular formula is C36H26O4. The summed E-state index contributed by atoms with van der Waals surface area (Å²) in [5.41, 5.74) is 6.09. The van der Waals surface area contributed by atoms with Gasteiger partial charge in [0.15, 0.2) is 0 Å². The molecule has 4 heteroatoms. The Morgan fingerprint density at radius 1 is 0.500 bits per heavy atom. The molecule has 5 aromatic carbocycles. The molecule has 2 unspecified atom stereocenters. The van der Waals surface area contributed by atoms with Crippen LogP contribution in [0.1, 0.15) is 57.7 Å². The quantitative estimate of drug-likeness (QED) is 0.140. The summed E-state index contributed by atoms with van der Waals surface area (Å²) in [4.78, 5) is 26.0. The van der Waals surface area contributed by atoms with Gasteiger partial charge in [0.05, 0.1) is 0 Å². The maximum absolute atomic E-state index is 13.0. The van der Waals surface area contributed by atoms with Gasteiger partial charge in [-0.2, -0.15) is 0 Å². The molecule has 2 heterocycles. The van der Waals surface area contributed by atoms with Gasteiger partial charge in [-0.3, -0.25) is 9.59 Å². The van der Waals surface area contributed by atoms with Crippen LogP contribution in [0.2, 0.25) is 0 Å². The monoisotopic (exact) mass is 522 g/mol. The molecule has 0 amide bonds. The van der Waals surface area contributed by atoms with Crippen LogP contribution in [0, 0.1) is 0 Å². The van der Waals surface area contributed by atoms with Crippen LogP contribution < -0.4 is 9.47 Å². The molecule has 194 valence electrons. The third kappa shape index (κ3) is 3.76. The summed E-state index contributed by atoms with van der Waals surface area (Å²) < 4.78 is 11.4. The third-order valence-electron chi connectivity index (χ3n) is 8.31. The lowest BCUT2D eigenvalue weighted by Gasteiger charge is -2.33. The molecule has 5 aromatic rings. The Bertz CT molecular complexity index is 1630. The fraction of sp³-hybridized carbons (Fsp3) is 0.111. The molecule has 0 N–H and O–H groups in total. The summed E-state index contributed by atoms with van der Waals surface area (Å²) in [6.07, 6.45) is 0. The van der Waals surface area contributed by atoms with Crippen LogP contribution in [0.25, 0.3) is 0 Å². The molecule has 40 heavy (non-hydrogen) atoms. The molecule has 0 aliphatic carbocycles. The highest BCUT2D eigenvalue weighted by Crippen LogP contribution is 2.47. The SMILES string of the molecule is CC(c1ccccc1)(c1ccc2c(c1)C(c1ccccc1)C(=O)O2)c1ccc2c(c1)C(c1ccccc1)C(=O)O2. The van der Waals surface area contributed by atoms with Gasteiger partial charge in [0.2, 0.25) is 0 Å².